The van der Waals surface area contributed by atoms with E-state index in [1.165, 1.54) is 0 Å². The van der Waals surface area contributed by atoms with Crippen LogP contribution < -0.4 is 11.1 Å². The average molecular weight is 206 g/mol. The van der Waals surface area contributed by atoms with Crippen LogP contribution in [0.2, 0.25) is 0 Å². The lowest BCUT2D eigenvalue weighted by atomic mass is 10.1. The predicted molar refractivity (Wildman–Crippen MR) is 63.7 cm³/mol. The van der Waals surface area contributed by atoms with Crippen LogP contribution in [0.5, 0.6) is 0 Å². The molecule has 0 saturated heterocycles. The Labute approximate surface area is 90.7 Å². The van der Waals surface area contributed by atoms with E-state index in [9.17, 15) is 4.79 Å². The zero-order valence-electron chi connectivity index (χ0n) is 9.50. The Balaban J connectivity index is 2.80. The molecule has 0 heterocycles. The fraction of sp³-hybridized carbons (Fsp3) is 0.417. The first-order valence-corrected chi connectivity index (χ1v) is 5.21. The lowest BCUT2D eigenvalue weighted by molar-refractivity contribution is -0.119. The molecule has 3 N–H and O–H groups in total. The van der Waals surface area contributed by atoms with Crippen LogP contribution in [0.1, 0.15) is 25.8 Å². The van der Waals surface area contributed by atoms with Crippen LogP contribution in [0.3, 0.4) is 0 Å². The standard InChI is InChI=1S/C12H18N2O/c1-4-9(3)12(15)14-11-7-8(2)5-6-10(11)13/h5-7,9H,4,13H2,1-3H3,(H,14,15). The molecular formula is C12H18N2O. The molecule has 1 unspecified atom stereocenters. The minimum atomic E-state index is 0.0184. The van der Waals surface area contributed by atoms with Gasteiger partial charge in [-0.25, -0.2) is 0 Å². The molecular weight excluding hydrogens is 188 g/mol. The fourth-order valence-corrected chi connectivity index (χ4v) is 1.22. The third kappa shape index (κ3) is 2.98. The molecule has 0 aliphatic rings. The molecule has 0 aliphatic carbocycles. The highest BCUT2D eigenvalue weighted by molar-refractivity contribution is 5.95. The Hall–Kier alpha value is -1.51. The SMILES string of the molecule is CCC(C)C(=O)Nc1cc(C)ccc1N. The highest BCUT2D eigenvalue weighted by atomic mass is 16.1. The second-order valence-corrected chi connectivity index (χ2v) is 3.89. The fourth-order valence-electron chi connectivity index (χ4n) is 1.22. The van der Waals surface area contributed by atoms with Gasteiger partial charge in [-0.15, -0.1) is 0 Å². The van der Waals surface area contributed by atoms with Crippen molar-refractivity contribution in [3.8, 4) is 0 Å². The van der Waals surface area contributed by atoms with Crippen molar-refractivity contribution in [3.63, 3.8) is 0 Å². The van der Waals surface area contributed by atoms with Gasteiger partial charge in [0.1, 0.15) is 0 Å². The van der Waals surface area contributed by atoms with E-state index < -0.39 is 0 Å². The van der Waals surface area contributed by atoms with Gasteiger partial charge in [0.2, 0.25) is 5.91 Å². The Kier molecular flexibility index (Phi) is 3.72. The lowest BCUT2D eigenvalue weighted by Gasteiger charge is -2.12. The number of hydrogen-bond acceptors (Lipinski definition) is 2. The monoisotopic (exact) mass is 206 g/mol. The third-order valence-corrected chi connectivity index (χ3v) is 2.53. The molecule has 0 fully saturated rings. The summed E-state index contributed by atoms with van der Waals surface area (Å²) < 4.78 is 0. The van der Waals surface area contributed by atoms with Gasteiger partial charge in [-0.2, -0.15) is 0 Å². The van der Waals surface area contributed by atoms with Crippen LogP contribution in [-0.2, 0) is 4.79 Å². The van der Waals surface area contributed by atoms with Crippen LogP contribution in [0.15, 0.2) is 18.2 Å². The van der Waals surface area contributed by atoms with Crippen molar-refractivity contribution >= 4 is 17.3 Å². The summed E-state index contributed by atoms with van der Waals surface area (Å²) in [7, 11) is 0. The molecule has 0 aromatic heterocycles. The van der Waals surface area contributed by atoms with Crippen LogP contribution in [-0.4, -0.2) is 5.91 Å². The summed E-state index contributed by atoms with van der Waals surface area (Å²) in [6.45, 7) is 5.86. The van der Waals surface area contributed by atoms with E-state index in [2.05, 4.69) is 5.32 Å². The highest BCUT2D eigenvalue weighted by Crippen LogP contribution is 2.20. The van der Waals surface area contributed by atoms with E-state index in [0.717, 1.165) is 12.0 Å². The molecule has 0 radical (unpaired) electrons. The Bertz CT molecular complexity index is 361. The van der Waals surface area contributed by atoms with Crippen molar-refractivity contribution < 1.29 is 4.79 Å². The summed E-state index contributed by atoms with van der Waals surface area (Å²) in [5.41, 5.74) is 8.17. The number of carbonyl (C=O) groups is 1. The molecule has 1 aromatic carbocycles. The van der Waals surface area contributed by atoms with Crippen LogP contribution in [0.25, 0.3) is 0 Å². The number of carbonyl (C=O) groups excluding carboxylic acids is 1. The molecule has 0 saturated carbocycles. The number of benzene rings is 1. The molecule has 1 rings (SSSR count). The molecule has 0 bridgehead atoms. The smallest absolute Gasteiger partial charge is 0.227 e. The first-order valence-electron chi connectivity index (χ1n) is 5.21. The number of aryl methyl sites for hydroxylation is 1. The number of amides is 1. The summed E-state index contributed by atoms with van der Waals surface area (Å²) in [4.78, 5) is 11.6. The molecule has 0 spiro atoms. The van der Waals surface area contributed by atoms with Gasteiger partial charge in [0.05, 0.1) is 11.4 Å². The minimum absolute atomic E-state index is 0.0184. The van der Waals surface area contributed by atoms with E-state index in [4.69, 9.17) is 5.73 Å². The van der Waals surface area contributed by atoms with Crippen LogP contribution >= 0.6 is 0 Å². The van der Waals surface area contributed by atoms with Gasteiger partial charge in [0, 0.05) is 5.92 Å². The van der Waals surface area contributed by atoms with Gasteiger partial charge >= 0.3 is 0 Å². The van der Waals surface area contributed by atoms with Crippen molar-refractivity contribution in [3.05, 3.63) is 23.8 Å². The van der Waals surface area contributed by atoms with Gasteiger partial charge in [0.25, 0.3) is 0 Å². The van der Waals surface area contributed by atoms with Gasteiger partial charge < -0.3 is 11.1 Å². The predicted octanol–water partition coefficient (Wildman–Crippen LogP) is 2.56. The van der Waals surface area contributed by atoms with Crippen LogP contribution in [0.4, 0.5) is 11.4 Å². The summed E-state index contributed by atoms with van der Waals surface area (Å²) in [5.74, 6) is 0.0414. The van der Waals surface area contributed by atoms with E-state index in [-0.39, 0.29) is 11.8 Å². The second kappa shape index (κ2) is 4.82. The summed E-state index contributed by atoms with van der Waals surface area (Å²) >= 11 is 0. The Morgan fingerprint density at radius 3 is 2.80 bits per heavy atom. The van der Waals surface area contributed by atoms with Crippen molar-refractivity contribution in [2.45, 2.75) is 27.2 Å². The quantitative estimate of drug-likeness (QED) is 0.747. The first kappa shape index (κ1) is 11.6. The average Bonchev–Trinajstić information content (AvgIpc) is 2.22. The Morgan fingerprint density at radius 1 is 1.53 bits per heavy atom. The van der Waals surface area contributed by atoms with Gasteiger partial charge in [-0.1, -0.05) is 19.9 Å². The number of hydrogen-bond donors (Lipinski definition) is 2. The molecule has 1 amide bonds. The molecule has 3 nitrogen and oxygen atoms in total. The molecule has 15 heavy (non-hydrogen) atoms. The van der Waals surface area contributed by atoms with E-state index in [1.807, 2.05) is 39.0 Å². The molecule has 1 atom stereocenters. The number of nitrogens with two attached hydrogens (primary N) is 1. The maximum Gasteiger partial charge on any atom is 0.227 e. The molecule has 1 aromatic rings. The van der Waals surface area contributed by atoms with E-state index >= 15 is 0 Å². The van der Waals surface area contributed by atoms with Crippen molar-refractivity contribution in [1.82, 2.24) is 0 Å². The Morgan fingerprint density at radius 2 is 2.20 bits per heavy atom. The normalized spacial score (nSPS) is 12.2. The maximum absolute atomic E-state index is 11.6. The molecule has 3 heteroatoms. The maximum atomic E-state index is 11.6. The van der Waals surface area contributed by atoms with E-state index in [0.29, 0.717) is 11.4 Å². The van der Waals surface area contributed by atoms with Crippen molar-refractivity contribution in [2.24, 2.45) is 5.92 Å². The third-order valence-electron chi connectivity index (χ3n) is 2.53. The van der Waals surface area contributed by atoms with Gasteiger partial charge in [-0.05, 0) is 31.0 Å². The zero-order valence-corrected chi connectivity index (χ0v) is 9.50. The summed E-state index contributed by atoms with van der Waals surface area (Å²) in [6, 6.07) is 5.62. The van der Waals surface area contributed by atoms with Gasteiger partial charge in [0.15, 0.2) is 0 Å². The zero-order chi connectivity index (χ0) is 11.4. The number of nitrogens with one attached hydrogen (secondary N) is 1. The largest absolute Gasteiger partial charge is 0.397 e. The molecule has 82 valence electrons. The second-order valence-electron chi connectivity index (χ2n) is 3.89. The van der Waals surface area contributed by atoms with Crippen molar-refractivity contribution in [2.75, 3.05) is 11.1 Å². The number of nitrogen functional groups attached to an aromatic ring is 1. The minimum Gasteiger partial charge on any atom is -0.397 e. The summed E-state index contributed by atoms with van der Waals surface area (Å²) in [5, 5.41) is 2.84. The highest BCUT2D eigenvalue weighted by Gasteiger charge is 2.11. The summed E-state index contributed by atoms with van der Waals surface area (Å²) in [6.07, 6.45) is 0.831. The number of rotatable bonds is 3. The topological polar surface area (TPSA) is 55.1 Å². The number of anilines is 2. The van der Waals surface area contributed by atoms with E-state index in [1.54, 1.807) is 0 Å². The molecule has 0 aliphatic heterocycles. The first-order chi connectivity index (χ1) is 7.04. The van der Waals surface area contributed by atoms with Crippen LogP contribution in [0, 0.1) is 12.8 Å². The van der Waals surface area contributed by atoms with Crippen molar-refractivity contribution in [1.29, 1.82) is 0 Å². The lowest BCUT2D eigenvalue weighted by Crippen LogP contribution is -2.20. The van der Waals surface area contributed by atoms with Gasteiger partial charge in [-0.3, -0.25) is 4.79 Å².